The summed E-state index contributed by atoms with van der Waals surface area (Å²) >= 11 is 0. The van der Waals surface area contributed by atoms with Gasteiger partial charge in [-0.05, 0) is 48.0 Å². The highest BCUT2D eigenvalue weighted by Gasteiger charge is 2.36. The summed E-state index contributed by atoms with van der Waals surface area (Å²) in [6, 6.07) is 0. The van der Waals surface area contributed by atoms with E-state index < -0.39 is 11.2 Å². The summed E-state index contributed by atoms with van der Waals surface area (Å²) in [7, 11) is 1.70. The Balaban J connectivity index is 4.07. The minimum absolute atomic E-state index is 0.171. The molecule has 0 aromatic rings. The molecule has 0 bridgehead atoms. The number of hydrogen-bond acceptors (Lipinski definition) is 3. The molecule has 0 saturated carbocycles. The van der Waals surface area contributed by atoms with E-state index >= 15 is 0 Å². The van der Waals surface area contributed by atoms with Gasteiger partial charge in [-0.15, -0.1) is 0 Å². The number of ether oxygens (including phenoxy) is 2. The molecule has 0 rings (SSSR count). The average molecular weight is 218 g/mol. The van der Waals surface area contributed by atoms with E-state index in [1.165, 1.54) is 0 Å². The van der Waals surface area contributed by atoms with Gasteiger partial charge in [0.2, 0.25) is 0 Å². The highest BCUT2D eigenvalue weighted by Crippen LogP contribution is 2.26. The fourth-order valence-corrected chi connectivity index (χ4v) is 0.831. The molecule has 1 N–H and O–H groups in total. The third kappa shape index (κ3) is 4.96. The summed E-state index contributed by atoms with van der Waals surface area (Å²) in [5, 5.41) is 9.88. The lowest BCUT2D eigenvalue weighted by molar-refractivity contribution is -0.155. The number of methoxy groups -OCH3 is 1. The molecular formula is C12H26O3. The second-order valence-electron chi connectivity index (χ2n) is 5.63. The van der Waals surface area contributed by atoms with Crippen molar-refractivity contribution in [3.8, 4) is 0 Å². The molecule has 0 radical (unpaired) electrons. The van der Waals surface area contributed by atoms with Crippen molar-refractivity contribution >= 4 is 0 Å². The predicted molar refractivity (Wildman–Crippen MR) is 62.0 cm³/mol. The van der Waals surface area contributed by atoms with Crippen LogP contribution in [0.3, 0.4) is 0 Å². The number of aliphatic hydroxyl groups is 1. The molecule has 0 aliphatic carbocycles. The fraction of sp³-hybridized carbons (Fsp3) is 1.00. The van der Waals surface area contributed by atoms with Crippen LogP contribution < -0.4 is 0 Å². The van der Waals surface area contributed by atoms with E-state index in [-0.39, 0.29) is 5.60 Å². The molecule has 0 aromatic heterocycles. The van der Waals surface area contributed by atoms with Gasteiger partial charge in [0.05, 0.1) is 23.4 Å². The van der Waals surface area contributed by atoms with E-state index in [1.807, 2.05) is 27.7 Å². The van der Waals surface area contributed by atoms with Crippen molar-refractivity contribution in [2.45, 2.75) is 64.8 Å². The van der Waals surface area contributed by atoms with Gasteiger partial charge >= 0.3 is 0 Å². The first kappa shape index (κ1) is 14.9. The third-order valence-electron chi connectivity index (χ3n) is 3.19. The zero-order valence-corrected chi connectivity index (χ0v) is 11.2. The Hall–Kier alpha value is -0.120. The molecule has 0 aliphatic heterocycles. The Bertz CT molecular complexity index is 190. The average Bonchev–Trinajstić information content (AvgIpc) is 2.01. The zero-order valence-electron chi connectivity index (χ0n) is 11.2. The van der Waals surface area contributed by atoms with Crippen molar-refractivity contribution in [2.75, 3.05) is 13.7 Å². The van der Waals surface area contributed by atoms with Gasteiger partial charge in [-0.1, -0.05) is 0 Å². The Morgan fingerprint density at radius 3 is 1.80 bits per heavy atom. The molecule has 3 nitrogen and oxygen atoms in total. The molecule has 92 valence electrons. The summed E-state index contributed by atoms with van der Waals surface area (Å²) in [5.74, 6) is 0. The molecular weight excluding hydrogens is 192 g/mol. The number of hydrogen-bond donors (Lipinski definition) is 1. The van der Waals surface area contributed by atoms with E-state index in [9.17, 15) is 5.11 Å². The first-order valence-corrected chi connectivity index (χ1v) is 5.43. The van der Waals surface area contributed by atoms with E-state index in [0.717, 1.165) is 6.42 Å². The molecule has 0 unspecified atom stereocenters. The predicted octanol–water partition coefficient (Wildman–Crippen LogP) is 2.37. The first-order chi connectivity index (χ1) is 6.52. The Labute approximate surface area is 93.8 Å². The van der Waals surface area contributed by atoms with Gasteiger partial charge in [-0.2, -0.15) is 0 Å². The smallest absolute Gasteiger partial charge is 0.0906 e. The summed E-state index contributed by atoms with van der Waals surface area (Å²) in [5.41, 5.74) is -1.56. The van der Waals surface area contributed by atoms with Crippen LogP contribution in [0.1, 0.15) is 48.0 Å². The van der Waals surface area contributed by atoms with Crippen molar-refractivity contribution < 1.29 is 14.6 Å². The highest BCUT2D eigenvalue weighted by atomic mass is 16.5. The normalized spacial score (nSPS) is 14.4. The van der Waals surface area contributed by atoms with Gasteiger partial charge in [0.1, 0.15) is 0 Å². The summed E-state index contributed by atoms with van der Waals surface area (Å²) in [4.78, 5) is 0. The van der Waals surface area contributed by atoms with E-state index in [4.69, 9.17) is 9.47 Å². The molecule has 0 heterocycles. The highest BCUT2D eigenvalue weighted by molar-refractivity contribution is 4.87. The fourth-order valence-electron chi connectivity index (χ4n) is 0.831. The van der Waals surface area contributed by atoms with Crippen molar-refractivity contribution in [3.05, 3.63) is 0 Å². The van der Waals surface area contributed by atoms with Gasteiger partial charge in [-0.25, -0.2) is 0 Å². The molecule has 15 heavy (non-hydrogen) atoms. The van der Waals surface area contributed by atoms with Crippen LogP contribution in [0.15, 0.2) is 0 Å². The summed E-state index contributed by atoms with van der Waals surface area (Å²) < 4.78 is 11.0. The molecule has 0 aromatic carbocycles. The van der Waals surface area contributed by atoms with Crippen LogP contribution in [-0.2, 0) is 9.47 Å². The van der Waals surface area contributed by atoms with Crippen molar-refractivity contribution in [1.29, 1.82) is 0 Å². The van der Waals surface area contributed by atoms with Gasteiger partial charge in [0.25, 0.3) is 0 Å². The maximum absolute atomic E-state index is 9.88. The first-order valence-electron chi connectivity index (χ1n) is 5.43. The van der Waals surface area contributed by atoms with Crippen LogP contribution in [0.25, 0.3) is 0 Å². The monoisotopic (exact) mass is 218 g/mol. The molecule has 3 heteroatoms. The molecule has 0 amide bonds. The van der Waals surface area contributed by atoms with Gasteiger partial charge in [-0.3, -0.25) is 0 Å². The largest absolute Gasteiger partial charge is 0.387 e. The Kier molecular flexibility index (Phi) is 4.77. The van der Waals surface area contributed by atoms with Gasteiger partial charge in [0, 0.05) is 7.11 Å². The van der Waals surface area contributed by atoms with Crippen LogP contribution in [0, 0.1) is 0 Å². The van der Waals surface area contributed by atoms with Crippen LogP contribution in [0.2, 0.25) is 0 Å². The maximum atomic E-state index is 9.88. The standard InChI is InChI=1S/C12H26O3/c1-10(2,14-7)8-9-15-12(5,6)11(3,4)13/h13H,8-9H2,1-7H3. The SMILES string of the molecule is COC(C)(C)CCOC(C)(C)C(C)(C)O. The molecule has 0 spiro atoms. The quantitative estimate of drug-likeness (QED) is 0.744. The lowest BCUT2D eigenvalue weighted by atomic mass is 9.89. The van der Waals surface area contributed by atoms with Gasteiger partial charge in [0.15, 0.2) is 0 Å². The van der Waals surface area contributed by atoms with Crippen LogP contribution in [0.5, 0.6) is 0 Å². The Morgan fingerprint density at radius 2 is 1.47 bits per heavy atom. The minimum atomic E-state index is -0.843. The number of rotatable bonds is 6. The van der Waals surface area contributed by atoms with E-state index in [1.54, 1.807) is 21.0 Å². The second-order valence-corrected chi connectivity index (χ2v) is 5.63. The summed E-state index contributed by atoms with van der Waals surface area (Å²) in [6.07, 6.45) is 0.809. The van der Waals surface area contributed by atoms with Gasteiger partial charge < -0.3 is 14.6 Å². The van der Waals surface area contributed by atoms with E-state index in [2.05, 4.69) is 0 Å². The maximum Gasteiger partial charge on any atom is 0.0906 e. The van der Waals surface area contributed by atoms with Crippen LogP contribution in [-0.4, -0.2) is 35.6 Å². The van der Waals surface area contributed by atoms with Crippen LogP contribution >= 0.6 is 0 Å². The van der Waals surface area contributed by atoms with E-state index in [0.29, 0.717) is 6.61 Å². The molecule has 0 aliphatic rings. The lowest BCUT2D eigenvalue weighted by Gasteiger charge is -2.38. The lowest BCUT2D eigenvalue weighted by Crippen LogP contribution is -2.47. The molecule has 0 saturated heterocycles. The minimum Gasteiger partial charge on any atom is -0.387 e. The van der Waals surface area contributed by atoms with Crippen molar-refractivity contribution in [2.24, 2.45) is 0 Å². The molecule has 0 fully saturated rings. The van der Waals surface area contributed by atoms with Crippen molar-refractivity contribution in [3.63, 3.8) is 0 Å². The topological polar surface area (TPSA) is 38.7 Å². The summed E-state index contributed by atoms with van der Waals surface area (Å²) in [6.45, 7) is 11.9. The third-order valence-corrected chi connectivity index (χ3v) is 3.19. The second kappa shape index (κ2) is 4.81. The van der Waals surface area contributed by atoms with Crippen molar-refractivity contribution in [1.82, 2.24) is 0 Å². The van der Waals surface area contributed by atoms with Crippen LogP contribution in [0.4, 0.5) is 0 Å². The Morgan fingerprint density at radius 1 is 1.00 bits per heavy atom. The zero-order chi connectivity index (χ0) is 12.3. The molecule has 0 atom stereocenters.